The molecule has 2 atom stereocenters. The van der Waals surface area contributed by atoms with Gasteiger partial charge in [0, 0.05) is 34.8 Å². The first-order valence-electron chi connectivity index (χ1n) is 10.2. The molecule has 1 N–H and O–H groups in total. The highest BCUT2D eigenvalue weighted by Gasteiger charge is 2.50. The fourth-order valence-electron chi connectivity index (χ4n) is 5.17. The van der Waals surface area contributed by atoms with Crippen molar-refractivity contribution in [3.05, 3.63) is 64.7 Å². The highest BCUT2D eigenvalue weighted by molar-refractivity contribution is 6.25. The number of hydrogen-bond acceptors (Lipinski definition) is 5. The van der Waals surface area contributed by atoms with Crippen LogP contribution in [-0.4, -0.2) is 29.5 Å². The number of Topliss-reactive ketones (excluding diaryl/α,β-unsaturated/α-hetero) is 2. The monoisotopic (exact) mass is 401 g/mol. The number of ketones is 2. The van der Waals surface area contributed by atoms with Gasteiger partial charge in [0.25, 0.3) is 0 Å². The molecule has 2 aromatic carbocycles. The van der Waals surface area contributed by atoms with Gasteiger partial charge in [-0.25, -0.2) is 0 Å². The number of rotatable bonds is 2. The van der Waals surface area contributed by atoms with E-state index < -0.39 is 11.8 Å². The standard InChI is InChI=1S/C25H23NO4/c1-25(2)11-16-21(18(28)12-25)20(13-8-9-17(27)19(10-13)30-3)22-23(26-16)14-6-4-5-7-15(14)24(22)29/h4-10,20-21,27H,11-12H2,1-3H3/t20-,21?/m0/s1. The third kappa shape index (κ3) is 2.65. The van der Waals surface area contributed by atoms with Gasteiger partial charge in [0.2, 0.25) is 0 Å². The fraction of sp³-hybridized carbons (Fsp3) is 0.320. The van der Waals surface area contributed by atoms with Gasteiger partial charge in [-0.1, -0.05) is 44.2 Å². The average Bonchev–Trinajstić information content (AvgIpc) is 2.98. The van der Waals surface area contributed by atoms with Crippen LogP contribution >= 0.6 is 0 Å². The molecule has 1 aliphatic heterocycles. The third-order valence-corrected chi connectivity index (χ3v) is 6.41. The summed E-state index contributed by atoms with van der Waals surface area (Å²) in [6.07, 6.45) is 1.16. The molecule has 0 saturated heterocycles. The molecule has 1 fully saturated rings. The lowest BCUT2D eigenvalue weighted by Gasteiger charge is -2.40. The molecule has 5 heteroatoms. The maximum Gasteiger partial charge on any atom is 0.192 e. The van der Waals surface area contributed by atoms with E-state index in [4.69, 9.17) is 9.73 Å². The molecule has 5 rings (SSSR count). The van der Waals surface area contributed by atoms with E-state index in [2.05, 4.69) is 13.8 Å². The molecule has 2 aromatic rings. The fourth-order valence-corrected chi connectivity index (χ4v) is 5.17. The molecular weight excluding hydrogens is 378 g/mol. The molecule has 1 unspecified atom stereocenters. The van der Waals surface area contributed by atoms with Crippen molar-refractivity contribution in [1.29, 1.82) is 0 Å². The summed E-state index contributed by atoms with van der Waals surface area (Å²) in [5.74, 6) is -0.521. The molecule has 0 radical (unpaired) electrons. The Bertz CT molecular complexity index is 1170. The lowest BCUT2D eigenvalue weighted by atomic mass is 9.63. The summed E-state index contributed by atoms with van der Waals surface area (Å²) in [4.78, 5) is 31.7. The topological polar surface area (TPSA) is 76.0 Å². The number of allylic oxidation sites excluding steroid dienone is 1. The van der Waals surface area contributed by atoms with E-state index in [0.717, 1.165) is 16.8 Å². The zero-order chi connectivity index (χ0) is 21.2. The van der Waals surface area contributed by atoms with Crippen molar-refractivity contribution in [2.75, 3.05) is 7.11 Å². The lowest BCUT2D eigenvalue weighted by Crippen LogP contribution is -2.43. The summed E-state index contributed by atoms with van der Waals surface area (Å²) < 4.78 is 5.31. The van der Waals surface area contributed by atoms with Crippen LogP contribution in [0.25, 0.3) is 5.70 Å². The quantitative estimate of drug-likeness (QED) is 0.801. The predicted octanol–water partition coefficient (Wildman–Crippen LogP) is 4.55. The van der Waals surface area contributed by atoms with E-state index in [-0.39, 0.29) is 22.7 Å². The Balaban J connectivity index is 1.75. The average molecular weight is 401 g/mol. The number of ether oxygens (including phenoxy) is 1. The molecule has 0 amide bonds. The number of benzene rings is 2. The Morgan fingerprint density at radius 1 is 1.03 bits per heavy atom. The summed E-state index contributed by atoms with van der Waals surface area (Å²) in [5, 5.41) is 10.1. The van der Waals surface area contributed by atoms with Crippen molar-refractivity contribution in [2.45, 2.75) is 32.6 Å². The van der Waals surface area contributed by atoms with Crippen molar-refractivity contribution >= 4 is 23.0 Å². The van der Waals surface area contributed by atoms with Crippen LogP contribution < -0.4 is 4.74 Å². The van der Waals surface area contributed by atoms with Gasteiger partial charge in [0.05, 0.1) is 18.7 Å². The number of phenols is 1. The van der Waals surface area contributed by atoms with Crippen LogP contribution in [0, 0.1) is 11.3 Å². The molecule has 30 heavy (non-hydrogen) atoms. The number of fused-ring (bicyclic) bond motifs is 3. The number of aromatic hydroxyl groups is 1. The lowest BCUT2D eigenvalue weighted by molar-refractivity contribution is -0.124. The van der Waals surface area contributed by atoms with E-state index in [1.165, 1.54) is 7.11 Å². The van der Waals surface area contributed by atoms with Crippen LogP contribution in [0.3, 0.4) is 0 Å². The Hall–Kier alpha value is -3.21. The summed E-state index contributed by atoms with van der Waals surface area (Å²) in [6.45, 7) is 4.17. The van der Waals surface area contributed by atoms with E-state index in [0.29, 0.717) is 35.4 Å². The molecule has 2 aliphatic carbocycles. The molecule has 0 spiro atoms. The number of nitrogens with zero attached hydrogens (tertiary/aromatic N) is 1. The maximum absolute atomic E-state index is 13.4. The van der Waals surface area contributed by atoms with Crippen LogP contribution in [0.5, 0.6) is 11.5 Å². The summed E-state index contributed by atoms with van der Waals surface area (Å²) in [6, 6.07) is 12.6. The van der Waals surface area contributed by atoms with Gasteiger partial charge in [-0.3, -0.25) is 14.6 Å². The maximum atomic E-state index is 13.4. The summed E-state index contributed by atoms with van der Waals surface area (Å²) in [5.41, 5.74) is 4.18. The zero-order valence-electron chi connectivity index (χ0n) is 17.2. The number of carbonyl (C=O) groups excluding carboxylic acids is 2. The minimum absolute atomic E-state index is 0.0253. The molecule has 0 aromatic heterocycles. The smallest absolute Gasteiger partial charge is 0.192 e. The Morgan fingerprint density at radius 3 is 2.50 bits per heavy atom. The molecule has 3 aliphatic rings. The molecule has 152 valence electrons. The minimum Gasteiger partial charge on any atom is -0.504 e. The van der Waals surface area contributed by atoms with Gasteiger partial charge in [0.15, 0.2) is 17.3 Å². The Labute approximate surface area is 175 Å². The minimum atomic E-state index is -0.468. The number of hydrogen-bond donors (Lipinski definition) is 1. The predicted molar refractivity (Wildman–Crippen MR) is 114 cm³/mol. The van der Waals surface area contributed by atoms with Crippen molar-refractivity contribution in [3.8, 4) is 11.5 Å². The van der Waals surface area contributed by atoms with E-state index in [1.54, 1.807) is 18.2 Å². The second-order valence-electron chi connectivity index (χ2n) is 9.11. The van der Waals surface area contributed by atoms with Crippen molar-refractivity contribution in [1.82, 2.24) is 0 Å². The number of aliphatic imine (C=N–C) groups is 1. The third-order valence-electron chi connectivity index (χ3n) is 6.41. The first-order valence-corrected chi connectivity index (χ1v) is 10.2. The van der Waals surface area contributed by atoms with Crippen molar-refractivity contribution in [3.63, 3.8) is 0 Å². The second kappa shape index (κ2) is 6.39. The molecule has 1 saturated carbocycles. The van der Waals surface area contributed by atoms with Gasteiger partial charge >= 0.3 is 0 Å². The number of phenolic OH excluding ortho intramolecular Hbond substituents is 1. The first kappa shape index (κ1) is 18.8. The first-order chi connectivity index (χ1) is 14.3. The van der Waals surface area contributed by atoms with Crippen molar-refractivity contribution in [2.24, 2.45) is 16.3 Å². The van der Waals surface area contributed by atoms with E-state index in [1.807, 2.05) is 24.3 Å². The largest absolute Gasteiger partial charge is 0.504 e. The van der Waals surface area contributed by atoms with Crippen LogP contribution in [-0.2, 0) is 4.79 Å². The van der Waals surface area contributed by atoms with Gasteiger partial charge in [0.1, 0.15) is 5.78 Å². The van der Waals surface area contributed by atoms with Gasteiger partial charge in [-0.15, -0.1) is 0 Å². The van der Waals surface area contributed by atoms with E-state index >= 15 is 0 Å². The van der Waals surface area contributed by atoms with Gasteiger partial charge < -0.3 is 9.84 Å². The second-order valence-corrected chi connectivity index (χ2v) is 9.11. The van der Waals surface area contributed by atoms with Gasteiger partial charge in [-0.2, -0.15) is 0 Å². The van der Waals surface area contributed by atoms with Crippen LogP contribution in [0.15, 0.2) is 53.0 Å². The van der Waals surface area contributed by atoms with E-state index in [9.17, 15) is 14.7 Å². The number of carbonyl (C=O) groups is 2. The van der Waals surface area contributed by atoms with Crippen LogP contribution in [0.1, 0.15) is 54.1 Å². The molecule has 1 heterocycles. The highest BCUT2D eigenvalue weighted by atomic mass is 16.5. The van der Waals surface area contributed by atoms with Crippen molar-refractivity contribution < 1.29 is 19.4 Å². The zero-order valence-corrected chi connectivity index (χ0v) is 17.2. The SMILES string of the molecule is COc1cc([C@@H]2C3=C(N=C4CC(C)(C)CC(=O)C42)c2ccccc2C3=O)ccc1O. The molecule has 5 nitrogen and oxygen atoms in total. The summed E-state index contributed by atoms with van der Waals surface area (Å²) >= 11 is 0. The molecule has 0 bridgehead atoms. The van der Waals surface area contributed by atoms with Gasteiger partial charge in [-0.05, 0) is 29.5 Å². The van der Waals surface area contributed by atoms with Crippen LogP contribution in [0.4, 0.5) is 0 Å². The normalized spacial score (nSPS) is 24.2. The number of methoxy groups -OCH3 is 1. The van der Waals surface area contributed by atoms with Crippen LogP contribution in [0.2, 0.25) is 0 Å². The Morgan fingerprint density at radius 2 is 1.77 bits per heavy atom. The summed E-state index contributed by atoms with van der Waals surface area (Å²) in [7, 11) is 1.49. The Kier molecular flexibility index (Phi) is 4.01. The molecular formula is C25H23NO4. The highest BCUT2D eigenvalue weighted by Crippen LogP contribution is 2.52.